The zero-order valence-electron chi connectivity index (χ0n) is 13.1. The molecule has 3 aromatic rings. The van der Waals surface area contributed by atoms with Crippen LogP contribution in [0.2, 0.25) is 0 Å². The van der Waals surface area contributed by atoms with Crippen LogP contribution in [0.4, 0.5) is 5.69 Å². The van der Waals surface area contributed by atoms with Gasteiger partial charge in [0, 0.05) is 16.6 Å². The molecule has 1 aromatic heterocycles. The Morgan fingerprint density at radius 1 is 0.960 bits per heavy atom. The average Bonchev–Trinajstić information content (AvgIpc) is 2.92. The van der Waals surface area contributed by atoms with E-state index < -0.39 is 17.8 Å². The van der Waals surface area contributed by atoms with Crippen LogP contribution in [0.15, 0.2) is 46.9 Å². The third-order valence-electron chi connectivity index (χ3n) is 3.73. The molecule has 126 valence electrons. The van der Waals surface area contributed by atoms with Crippen molar-refractivity contribution in [1.29, 1.82) is 0 Å². The van der Waals surface area contributed by atoms with Gasteiger partial charge in [-0.25, -0.2) is 9.59 Å². The van der Waals surface area contributed by atoms with Gasteiger partial charge >= 0.3 is 11.9 Å². The fourth-order valence-electron chi connectivity index (χ4n) is 2.53. The minimum Gasteiger partial charge on any atom is -0.478 e. The number of nitrogens with one attached hydrogen (secondary N) is 1. The number of carboxylic acids is 2. The summed E-state index contributed by atoms with van der Waals surface area (Å²) in [6.07, 6.45) is 0. The number of hydrogen-bond donors (Lipinski definition) is 3. The normalized spacial score (nSPS) is 10.6. The molecule has 0 saturated carbocycles. The van der Waals surface area contributed by atoms with E-state index in [2.05, 4.69) is 5.32 Å². The van der Waals surface area contributed by atoms with Crippen LogP contribution in [0.5, 0.6) is 0 Å². The number of fused-ring (bicyclic) bond motifs is 1. The number of carbonyl (C=O) groups excluding carboxylic acids is 1. The maximum absolute atomic E-state index is 12.5. The smallest absolute Gasteiger partial charge is 0.335 e. The molecule has 0 radical (unpaired) electrons. The molecule has 0 aliphatic carbocycles. The topological polar surface area (TPSA) is 117 Å². The highest BCUT2D eigenvalue weighted by atomic mass is 16.4. The first-order valence-electron chi connectivity index (χ1n) is 7.28. The van der Waals surface area contributed by atoms with Crippen molar-refractivity contribution in [3.05, 3.63) is 64.9 Å². The summed E-state index contributed by atoms with van der Waals surface area (Å²) >= 11 is 0. The number of rotatable bonds is 4. The Kier molecular flexibility index (Phi) is 3.98. The van der Waals surface area contributed by atoms with Crippen molar-refractivity contribution < 1.29 is 29.0 Å². The van der Waals surface area contributed by atoms with Crippen LogP contribution in [-0.4, -0.2) is 28.1 Å². The van der Waals surface area contributed by atoms with Gasteiger partial charge in [-0.15, -0.1) is 0 Å². The Morgan fingerprint density at radius 2 is 1.56 bits per heavy atom. The Balaban J connectivity index is 1.98. The lowest BCUT2D eigenvalue weighted by Crippen LogP contribution is -2.14. The highest BCUT2D eigenvalue weighted by Crippen LogP contribution is 2.26. The van der Waals surface area contributed by atoms with Crippen LogP contribution >= 0.6 is 0 Å². The third kappa shape index (κ3) is 3.07. The lowest BCUT2D eigenvalue weighted by Gasteiger charge is -2.07. The second-order valence-corrected chi connectivity index (χ2v) is 5.42. The molecule has 3 rings (SSSR count). The van der Waals surface area contributed by atoms with Gasteiger partial charge in [-0.1, -0.05) is 18.2 Å². The van der Waals surface area contributed by atoms with Crippen LogP contribution in [0.25, 0.3) is 11.0 Å². The van der Waals surface area contributed by atoms with Crippen LogP contribution in [0, 0.1) is 6.92 Å². The monoisotopic (exact) mass is 339 g/mol. The molecule has 0 unspecified atom stereocenters. The fraction of sp³-hybridized carbons (Fsp3) is 0.0556. The zero-order chi connectivity index (χ0) is 18.1. The molecule has 0 aliphatic rings. The molecule has 7 nitrogen and oxygen atoms in total. The molecule has 0 bridgehead atoms. The SMILES string of the molecule is Cc1c(C(=O)Nc2cc(C(=O)O)cc(C(=O)O)c2)oc2ccccc12. The van der Waals surface area contributed by atoms with Gasteiger partial charge in [-0.05, 0) is 31.2 Å². The highest BCUT2D eigenvalue weighted by molar-refractivity contribution is 6.07. The maximum atomic E-state index is 12.5. The fourth-order valence-corrected chi connectivity index (χ4v) is 2.53. The van der Waals surface area contributed by atoms with E-state index in [9.17, 15) is 14.4 Å². The number of aromatic carboxylic acids is 2. The molecule has 1 amide bonds. The minimum absolute atomic E-state index is 0.0576. The Labute approximate surface area is 141 Å². The van der Waals surface area contributed by atoms with E-state index >= 15 is 0 Å². The number of hydrogen-bond acceptors (Lipinski definition) is 4. The maximum Gasteiger partial charge on any atom is 0.335 e. The van der Waals surface area contributed by atoms with Crippen molar-refractivity contribution in [2.24, 2.45) is 0 Å². The molecule has 0 atom stereocenters. The van der Waals surface area contributed by atoms with E-state index in [1.807, 2.05) is 12.1 Å². The van der Waals surface area contributed by atoms with Gasteiger partial charge in [0.2, 0.25) is 0 Å². The van der Waals surface area contributed by atoms with Gasteiger partial charge in [-0.2, -0.15) is 0 Å². The summed E-state index contributed by atoms with van der Waals surface area (Å²) in [5.41, 5.74) is 0.770. The zero-order valence-corrected chi connectivity index (χ0v) is 13.1. The van der Waals surface area contributed by atoms with Gasteiger partial charge in [0.05, 0.1) is 11.1 Å². The first-order valence-corrected chi connectivity index (χ1v) is 7.28. The van der Waals surface area contributed by atoms with E-state index in [1.165, 1.54) is 12.1 Å². The molecule has 25 heavy (non-hydrogen) atoms. The molecule has 3 N–H and O–H groups in total. The van der Waals surface area contributed by atoms with Gasteiger partial charge in [-0.3, -0.25) is 4.79 Å². The predicted molar refractivity (Wildman–Crippen MR) is 89.3 cm³/mol. The number of anilines is 1. The number of aryl methyl sites for hydroxylation is 1. The number of benzene rings is 2. The minimum atomic E-state index is -1.29. The number of furan rings is 1. The summed E-state index contributed by atoms with van der Waals surface area (Å²) in [4.78, 5) is 34.7. The third-order valence-corrected chi connectivity index (χ3v) is 3.73. The molecule has 7 heteroatoms. The Bertz CT molecular complexity index is 985. The van der Waals surface area contributed by atoms with E-state index in [4.69, 9.17) is 14.6 Å². The molecule has 0 fully saturated rings. The Morgan fingerprint density at radius 3 is 2.12 bits per heavy atom. The summed E-state index contributed by atoms with van der Waals surface area (Å²) in [6, 6.07) is 10.5. The lowest BCUT2D eigenvalue weighted by molar-refractivity contribution is 0.0696. The van der Waals surface area contributed by atoms with Gasteiger partial charge in [0.1, 0.15) is 5.58 Å². The van der Waals surface area contributed by atoms with E-state index in [0.29, 0.717) is 11.1 Å². The van der Waals surface area contributed by atoms with Crippen LogP contribution in [0.1, 0.15) is 36.8 Å². The summed E-state index contributed by atoms with van der Waals surface area (Å²) in [7, 11) is 0. The molecular formula is C18H13NO6. The van der Waals surface area contributed by atoms with Crippen molar-refractivity contribution in [3.63, 3.8) is 0 Å². The van der Waals surface area contributed by atoms with Crippen LogP contribution < -0.4 is 5.32 Å². The van der Waals surface area contributed by atoms with E-state index in [-0.39, 0.29) is 22.6 Å². The number of carbonyl (C=O) groups is 3. The van der Waals surface area contributed by atoms with Gasteiger partial charge in [0.15, 0.2) is 5.76 Å². The van der Waals surface area contributed by atoms with Crippen molar-refractivity contribution in [3.8, 4) is 0 Å². The van der Waals surface area contributed by atoms with Crippen molar-refractivity contribution in [1.82, 2.24) is 0 Å². The molecule has 1 heterocycles. The van der Waals surface area contributed by atoms with Gasteiger partial charge in [0.25, 0.3) is 5.91 Å². The van der Waals surface area contributed by atoms with Crippen molar-refractivity contribution >= 4 is 34.5 Å². The quantitative estimate of drug-likeness (QED) is 0.671. The second-order valence-electron chi connectivity index (χ2n) is 5.42. The number of amides is 1. The summed E-state index contributed by atoms with van der Waals surface area (Å²) < 4.78 is 5.54. The standard InChI is InChI=1S/C18H13NO6/c1-9-13-4-2-3-5-14(13)25-15(9)16(20)19-12-7-10(17(21)22)6-11(8-12)18(23)24/h2-8H,1H3,(H,19,20)(H,21,22)(H,23,24). The summed E-state index contributed by atoms with van der Waals surface area (Å²) in [5, 5.41) is 21.4. The first kappa shape index (κ1) is 16.3. The van der Waals surface area contributed by atoms with E-state index in [1.54, 1.807) is 19.1 Å². The molecule has 0 aliphatic heterocycles. The summed E-state index contributed by atoms with van der Waals surface area (Å²) in [6.45, 7) is 1.73. The van der Waals surface area contributed by atoms with Crippen molar-refractivity contribution in [2.45, 2.75) is 6.92 Å². The van der Waals surface area contributed by atoms with Crippen LogP contribution in [-0.2, 0) is 0 Å². The molecule has 2 aromatic carbocycles. The van der Waals surface area contributed by atoms with Crippen molar-refractivity contribution in [2.75, 3.05) is 5.32 Å². The Hall–Kier alpha value is -3.61. The van der Waals surface area contributed by atoms with E-state index in [0.717, 1.165) is 11.5 Å². The summed E-state index contributed by atoms with van der Waals surface area (Å²) in [5.74, 6) is -3.09. The second kappa shape index (κ2) is 6.12. The molecule has 0 spiro atoms. The largest absolute Gasteiger partial charge is 0.478 e. The predicted octanol–water partition coefficient (Wildman–Crippen LogP) is 3.39. The van der Waals surface area contributed by atoms with Crippen LogP contribution in [0.3, 0.4) is 0 Å². The molecular weight excluding hydrogens is 326 g/mol. The highest BCUT2D eigenvalue weighted by Gasteiger charge is 2.19. The molecule has 0 saturated heterocycles. The average molecular weight is 339 g/mol. The van der Waals surface area contributed by atoms with Gasteiger partial charge < -0.3 is 19.9 Å². The number of para-hydroxylation sites is 1. The lowest BCUT2D eigenvalue weighted by atomic mass is 10.1. The number of carboxylic acid groups (broad SMARTS) is 2. The first-order chi connectivity index (χ1) is 11.9.